The van der Waals surface area contributed by atoms with Crippen LogP contribution in [0, 0.1) is 34.5 Å². The molecule has 0 aliphatic heterocycles. The monoisotopic (exact) mass is 104 g/mol. The van der Waals surface area contributed by atoms with Crippen LogP contribution in [-0.4, -0.2) is 0 Å². The molecule has 0 radical (unpaired) electrons. The van der Waals surface area contributed by atoms with Gasteiger partial charge in [0.1, 0.15) is 0 Å². The van der Waals surface area contributed by atoms with E-state index in [2.05, 4.69) is 11.8 Å². The molecule has 0 fully saturated rings. The van der Waals surface area contributed by atoms with Gasteiger partial charge in [-0.15, -0.1) is 0 Å². The van der Waals surface area contributed by atoms with Crippen molar-refractivity contribution in [3.05, 3.63) is 0 Å². The minimum atomic E-state index is 0.224. The van der Waals surface area contributed by atoms with Crippen LogP contribution in [0.4, 0.5) is 0 Å². The lowest BCUT2D eigenvalue weighted by Crippen LogP contribution is -1.58. The third kappa shape index (κ3) is 4.54. The minimum absolute atomic E-state index is 0.224. The molecular weight excluding hydrogens is 100 g/mol. The van der Waals surface area contributed by atoms with Gasteiger partial charge >= 0.3 is 0 Å². The van der Waals surface area contributed by atoms with Crippen molar-refractivity contribution in [2.45, 2.75) is 12.8 Å². The first-order valence-corrected chi connectivity index (χ1v) is 2.11. The lowest BCUT2D eigenvalue weighted by Gasteiger charge is -1.62. The van der Waals surface area contributed by atoms with Gasteiger partial charge in [-0.1, -0.05) is 11.8 Å². The lowest BCUT2D eigenvalue weighted by atomic mass is 10.4. The van der Waals surface area contributed by atoms with Gasteiger partial charge in [0.2, 0.25) is 0 Å². The second-order valence-corrected chi connectivity index (χ2v) is 1.02. The van der Waals surface area contributed by atoms with E-state index in [1.54, 1.807) is 0 Å². The third-order valence-corrected chi connectivity index (χ3v) is 0.460. The zero-order valence-electron chi connectivity index (χ0n) is 4.31. The van der Waals surface area contributed by atoms with Crippen LogP contribution >= 0.6 is 0 Å². The predicted molar refractivity (Wildman–Crippen MR) is 28.2 cm³/mol. The van der Waals surface area contributed by atoms with Crippen LogP contribution in [0.25, 0.3) is 0 Å². The van der Waals surface area contributed by atoms with Gasteiger partial charge in [0.15, 0.2) is 0 Å². The number of hydrogen-bond acceptors (Lipinski definition) is 2. The molecule has 0 saturated heterocycles. The summed E-state index contributed by atoms with van der Waals surface area (Å²) in [4.78, 5) is 0. The zero-order chi connectivity index (χ0) is 6.24. The van der Waals surface area contributed by atoms with Crippen LogP contribution in [0.5, 0.6) is 0 Å². The second kappa shape index (κ2) is 5.54. The van der Waals surface area contributed by atoms with E-state index < -0.39 is 0 Å². The van der Waals surface area contributed by atoms with E-state index in [9.17, 15) is 0 Å². The van der Waals surface area contributed by atoms with Gasteiger partial charge < -0.3 is 0 Å². The molecule has 0 aromatic heterocycles. The van der Waals surface area contributed by atoms with Gasteiger partial charge in [0.05, 0.1) is 25.0 Å². The molecule has 0 aliphatic rings. The fourth-order valence-corrected chi connectivity index (χ4v) is 0.204. The normalized spacial score (nSPS) is 5.25. The molecule has 0 atom stereocenters. The highest BCUT2D eigenvalue weighted by Gasteiger charge is 1.67. The molecule has 8 heavy (non-hydrogen) atoms. The first kappa shape index (κ1) is 6.54. The van der Waals surface area contributed by atoms with Crippen LogP contribution in [0.1, 0.15) is 12.8 Å². The van der Waals surface area contributed by atoms with Crippen molar-refractivity contribution in [1.82, 2.24) is 0 Å². The fraction of sp³-hybridized carbons (Fsp3) is 0.333. The van der Waals surface area contributed by atoms with E-state index in [0.29, 0.717) is 0 Å². The van der Waals surface area contributed by atoms with E-state index in [1.165, 1.54) is 0 Å². The highest BCUT2D eigenvalue weighted by molar-refractivity contribution is 5.08. The number of rotatable bonds is 0. The Bertz CT molecular complexity index is 161. The van der Waals surface area contributed by atoms with Gasteiger partial charge in [-0.3, -0.25) is 0 Å². The van der Waals surface area contributed by atoms with E-state index in [4.69, 9.17) is 10.5 Å². The summed E-state index contributed by atoms with van der Waals surface area (Å²) in [6.45, 7) is 0. The smallest absolute Gasteiger partial charge is 0.0963 e. The van der Waals surface area contributed by atoms with Crippen molar-refractivity contribution in [2.24, 2.45) is 0 Å². The molecule has 0 aromatic carbocycles. The molecule has 2 nitrogen and oxygen atoms in total. The summed E-state index contributed by atoms with van der Waals surface area (Å²) in [6.07, 6.45) is 0.448. The van der Waals surface area contributed by atoms with Crippen molar-refractivity contribution in [2.75, 3.05) is 0 Å². The maximum Gasteiger partial charge on any atom is 0.0963 e. The summed E-state index contributed by atoms with van der Waals surface area (Å²) < 4.78 is 0. The zero-order valence-corrected chi connectivity index (χ0v) is 4.31. The fourth-order valence-electron chi connectivity index (χ4n) is 0.204. The largest absolute Gasteiger partial charge is 0.197 e. The average molecular weight is 104 g/mol. The standard InChI is InChI=1S/C6H4N2/c7-5-3-1-2-4-6-8/h3-4H2. The molecule has 0 rings (SSSR count). The quantitative estimate of drug-likeness (QED) is 0.427. The Hall–Kier alpha value is -1.46. The molecule has 0 bridgehead atoms. The van der Waals surface area contributed by atoms with Gasteiger partial charge in [-0.05, 0) is 0 Å². The number of hydrogen-bond donors (Lipinski definition) is 0. The Labute approximate surface area is 48.3 Å². The first-order chi connectivity index (χ1) is 3.91. The number of nitrogens with zero attached hydrogens (tertiary/aromatic N) is 2. The van der Waals surface area contributed by atoms with E-state index in [-0.39, 0.29) is 12.8 Å². The molecule has 0 aliphatic carbocycles. The van der Waals surface area contributed by atoms with Crippen molar-refractivity contribution in [3.63, 3.8) is 0 Å². The molecule has 0 spiro atoms. The summed E-state index contributed by atoms with van der Waals surface area (Å²) in [7, 11) is 0. The molecule has 2 heteroatoms. The van der Waals surface area contributed by atoms with Gasteiger partial charge in [0.25, 0.3) is 0 Å². The van der Waals surface area contributed by atoms with Gasteiger partial charge in [-0.2, -0.15) is 10.5 Å². The summed E-state index contributed by atoms with van der Waals surface area (Å²) in [6, 6.07) is 3.69. The summed E-state index contributed by atoms with van der Waals surface area (Å²) >= 11 is 0. The van der Waals surface area contributed by atoms with Crippen molar-refractivity contribution >= 4 is 0 Å². The van der Waals surface area contributed by atoms with Gasteiger partial charge in [0, 0.05) is 0 Å². The van der Waals surface area contributed by atoms with Crippen molar-refractivity contribution in [3.8, 4) is 24.0 Å². The second-order valence-electron chi connectivity index (χ2n) is 1.02. The summed E-state index contributed by atoms with van der Waals surface area (Å²) in [5.41, 5.74) is 0. The maximum absolute atomic E-state index is 7.93. The Morgan fingerprint density at radius 2 is 1.25 bits per heavy atom. The molecule has 38 valence electrons. The highest BCUT2D eigenvalue weighted by Crippen LogP contribution is 1.71. The predicted octanol–water partition coefficient (Wildman–Crippen LogP) is 0.817. The topological polar surface area (TPSA) is 47.6 Å². The van der Waals surface area contributed by atoms with E-state index in [0.717, 1.165) is 0 Å². The molecule has 0 heterocycles. The number of nitriles is 2. The average Bonchev–Trinajstić information content (AvgIpc) is 1.81. The molecule has 0 amide bonds. The molecule has 0 N–H and O–H groups in total. The van der Waals surface area contributed by atoms with Crippen LogP contribution < -0.4 is 0 Å². The third-order valence-electron chi connectivity index (χ3n) is 0.460. The van der Waals surface area contributed by atoms with Crippen molar-refractivity contribution in [1.29, 1.82) is 10.5 Å². The van der Waals surface area contributed by atoms with Crippen molar-refractivity contribution < 1.29 is 0 Å². The lowest BCUT2D eigenvalue weighted by molar-refractivity contribution is 1.36. The van der Waals surface area contributed by atoms with Crippen LogP contribution in [0.3, 0.4) is 0 Å². The SMILES string of the molecule is N#CCC#CCC#N. The Balaban J connectivity index is 3.28. The van der Waals surface area contributed by atoms with Crippen LogP contribution in [0.15, 0.2) is 0 Å². The molecule has 0 unspecified atom stereocenters. The molecule has 0 saturated carbocycles. The Kier molecular flexibility index (Phi) is 4.53. The summed E-state index contributed by atoms with van der Waals surface area (Å²) in [5, 5.41) is 15.9. The van der Waals surface area contributed by atoms with Crippen LogP contribution in [0.2, 0.25) is 0 Å². The van der Waals surface area contributed by atoms with E-state index >= 15 is 0 Å². The maximum atomic E-state index is 7.93. The minimum Gasteiger partial charge on any atom is -0.197 e. The molecule has 0 aromatic rings. The summed E-state index contributed by atoms with van der Waals surface area (Å²) in [5.74, 6) is 5.00. The first-order valence-electron chi connectivity index (χ1n) is 2.11. The van der Waals surface area contributed by atoms with Crippen LogP contribution in [-0.2, 0) is 0 Å². The highest BCUT2D eigenvalue weighted by atomic mass is 14.2. The van der Waals surface area contributed by atoms with E-state index in [1.807, 2.05) is 12.1 Å². The Morgan fingerprint density at radius 3 is 1.50 bits per heavy atom. The van der Waals surface area contributed by atoms with Gasteiger partial charge in [-0.25, -0.2) is 0 Å². The Morgan fingerprint density at radius 1 is 0.875 bits per heavy atom. The molecular formula is C6H4N2.